The number of nitrogens with one attached hydrogen (secondary N) is 1. The first kappa shape index (κ1) is 14.1. The van der Waals surface area contributed by atoms with E-state index in [9.17, 15) is 0 Å². The summed E-state index contributed by atoms with van der Waals surface area (Å²) < 4.78 is 6.84. The van der Waals surface area contributed by atoms with Gasteiger partial charge in [0.1, 0.15) is 12.4 Å². The fraction of sp³-hybridized carbons (Fsp3) is 0.250. The fourth-order valence-electron chi connectivity index (χ4n) is 1.77. The van der Waals surface area contributed by atoms with Crippen molar-refractivity contribution in [3.8, 4) is 5.75 Å². The molecule has 19 heavy (non-hydrogen) atoms. The molecule has 0 heterocycles. The van der Waals surface area contributed by atoms with Crippen LogP contribution in [0.25, 0.3) is 0 Å². The monoisotopic (exact) mass is 319 g/mol. The van der Waals surface area contributed by atoms with Crippen LogP contribution in [0.2, 0.25) is 0 Å². The quantitative estimate of drug-likeness (QED) is 0.864. The lowest BCUT2D eigenvalue weighted by Gasteiger charge is -2.08. The molecule has 0 saturated carbocycles. The van der Waals surface area contributed by atoms with Gasteiger partial charge in [0.05, 0.1) is 0 Å². The van der Waals surface area contributed by atoms with Crippen LogP contribution in [-0.2, 0) is 13.2 Å². The zero-order valence-corrected chi connectivity index (χ0v) is 12.6. The fourth-order valence-corrected chi connectivity index (χ4v) is 2.21. The van der Waals surface area contributed by atoms with Crippen LogP contribution >= 0.6 is 15.9 Å². The Morgan fingerprint density at radius 3 is 2.53 bits per heavy atom. The molecule has 100 valence electrons. The van der Waals surface area contributed by atoms with Crippen LogP contribution in [-0.4, -0.2) is 6.54 Å². The highest BCUT2D eigenvalue weighted by molar-refractivity contribution is 9.10. The van der Waals surface area contributed by atoms with Gasteiger partial charge in [-0.25, -0.2) is 0 Å². The van der Waals surface area contributed by atoms with Crippen LogP contribution in [0.15, 0.2) is 53.0 Å². The van der Waals surface area contributed by atoms with Crippen molar-refractivity contribution in [2.45, 2.75) is 20.1 Å². The van der Waals surface area contributed by atoms with Crippen LogP contribution in [0.4, 0.5) is 0 Å². The number of rotatable bonds is 6. The largest absolute Gasteiger partial charge is 0.489 e. The molecule has 0 amide bonds. The van der Waals surface area contributed by atoms with Crippen molar-refractivity contribution in [2.24, 2.45) is 0 Å². The van der Waals surface area contributed by atoms with Gasteiger partial charge in [0.25, 0.3) is 0 Å². The third kappa shape index (κ3) is 4.69. The predicted molar refractivity (Wildman–Crippen MR) is 82.3 cm³/mol. The lowest BCUT2D eigenvalue weighted by molar-refractivity contribution is 0.306. The van der Waals surface area contributed by atoms with Crippen molar-refractivity contribution < 1.29 is 4.74 Å². The molecule has 3 heteroatoms. The highest BCUT2D eigenvalue weighted by Gasteiger charge is 1.98. The van der Waals surface area contributed by atoms with Crippen molar-refractivity contribution in [1.29, 1.82) is 0 Å². The molecule has 0 bridgehead atoms. The van der Waals surface area contributed by atoms with E-state index in [1.807, 2.05) is 24.3 Å². The molecule has 0 aliphatic heterocycles. The number of benzene rings is 2. The second kappa shape index (κ2) is 7.31. The number of ether oxygens (including phenoxy) is 1. The van der Waals surface area contributed by atoms with Gasteiger partial charge in [-0.3, -0.25) is 0 Å². The molecule has 0 saturated heterocycles. The van der Waals surface area contributed by atoms with Crippen molar-refractivity contribution >= 4 is 15.9 Å². The Morgan fingerprint density at radius 1 is 1.05 bits per heavy atom. The van der Waals surface area contributed by atoms with Gasteiger partial charge in [-0.2, -0.15) is 0 Å². The molecule has 2 aromatic rings. The summed E-state index contributed by atoms with van der Waals surface area (Å²) in [5.74, 6) is 0.903. The maximum Gasteiger partial charge on any atom is 0.119 e. The lowest BCUT2D eigenvalue weighted by atomic mass is 10.2. The molecule has 0 radical (unpaired) electrons. The van der Waals surface area contributed by atoms with Gasteiger partial charge in [0.2, 0.25) is 0 Å². The van der Waals surface area contributed by atoms with Gasteiger partial charge in [-0.1, -0.05) is 47.1 Å². The number of hydrogen-bond acceptors (Lipinski definition) is 2. The smallest absolute Gasteiger partial charge is 0.119 e. The van der Waals surface area contributed by atoms with E-state index in [1.165, 1.54) is 5.56 Å². The molecule has 0 fully saturated rings. The Morgan fingerprint density at radius 2 is 1.84 bits per heavy atom. The minimum Gasteiger partial charge on any atom is -0.489 e. The standard InChI is InChI=1S/C16H18BrNO/c1-2-18-11-13-6-8-16(9-7-13)19-12-14-4-3-5-15(17)10-14/h3-10,18H,2,11-12H2,1H3. The van der Waals surface area contributed by atoms with Crippen LogP contribution in [0.1, 0.15) is 18.1 Å². The Hall–Kier alpha value is -1.32. The lowest BCUT2D eigenvalue weighted by Crippen LogP contribution is -2.11. The first-order chi connectivity index (χ1) is 9.28. The van der Waals surface area contributed by atoms with E-state index in [0.717, 1.165) is 28.9 Å². The number of hydrogen-bond donors (Lipinski definition) is 1. The molecule has 0 unspecified atom stereocenters. The average Bonchev–Trinajstić information content (AvgIpc) is 2.44. The molecule has 0 aromatic heterocycles. The summed E-state index contributed by atoms with van der Waals surface area (Å²) in [7, 11) is 0. The Bertz CT molecular complexity index is 510. The van der Waals surface area contributed by atoms with Gasteiger partial charge in [-0.15, -0.1) is 0 Å². The average molecular weight is 320 g/mol. The van der Waals surface area contributed by atoms with E-state index < -0.39 is 0 Å². The van der Waals surface area contributed by atoms with Crippen molar-refractivity contribution in [2.75, 3.05) is 6.54 Å². The highest BCUT2D eigenvalue weighted by atomic mass is 79.9. The predicted octanol–water partition coefficient (Wildman–Crippen LogP) is 4.14. The van der Waals surface area contributed by atoms with Crippen LogP contribution in [0, 0.1) is 0 Å². The Labute approximate surface area is 122 Å². The third-order valence-electron chi connectivity index (χ3n) is 2.80. The molecule has 2 nitrogen and oxygen atoms in total. The van der Waals surface area contributed by atoms with Gasteiger partial charge in [0.15, 0.2) is 0 Å². The Balaban J connectivity index is 1.89. The minimum absolute atomic E-state index is 0.589. The summed E-state index contributed by atoms with van der Waals surface area (Å²) in [6, 6.07) is 16.4. The van der Waals surface area contributed by atoms with Crippen molar-refractivity contribution in [3.63, 3.8) is 0 Å². The van der Waals surface area contributed by atoms with Crippen LogP contribution in [0.5, 0.6) is 5.75 Å². The van der Waals surface area contributed by atoms with Crippen LogP contribution in [0.3, 0.4) is 0 Å². The van der Waals surface area contributed by atoms with Gasteiger partial charge in [-0.05, 0) is 41.9 Å². The maximum absolute atomic E-state index is 5.77. The van der Waals surface area contributed by atoms with Crippen LogP contribution < -0.4 is 10.1 Å². The van der Waals surface area contributed by atoms with Gasteiger partial charge >= 0.3 is 0 Å². The summed E-state index contributed by atoms with van der Waals surface area (Å²) in [5, 5.41) is 3.30. The van der Waals surface area contributed by atoms with E-state index >= 15 is 0 Å². The third-order valence-corrected chi connectivity index (χ3v) is 3.29. The maximum atomic E-state index is 5.77. The van der Waals surface area contributed by atoms with E-state index in [1.54, 1.807) is 0 Å². The zero-order valence-electron chi connectivity index (χ0n) is 11.0. The topological polar surface area (TPSA) is 21.3 Å². The van der Waals surface area contributed by atoms with Crippen molar-refractivity contribution in [3.05, 3.63) is 64.1 Å². The SMILES string of the molecule is CCNCc1ccc(OCc2cccc(Br)c2)cc1. The van der Waals surface area contributed by atoms with E-state index in [2.05, 4.69) is 52.4 Å². The molecule has 1 N–H and O–H groups in total. The van der Waals surface area contributed by atoms with E-state index in [-0.39, 0.29) is 0 Å². The molecule has 0 aliphatic carbocycles. The minimum atomic E-state index is 0.589. The zero-order chi connectivity index (χ0) is 13.5. The molecule has 0 spiro atoms. The molecule has 0 atom stereocenters. The summed E-state index contributed by atoms with van der Waals surface area (Å²) in [6.45, 7) is 4.59. The molecule has 2 rings (SSSR count). The van der Waals surface area contributed by atoms with Crippen molar-refractivity contribution in [1.82, 2.24) is 5.32 Å². The van der Waals surface area contributed by atoms with Gasteiger partial charge in [0, 0.05) is 11.0 Å². The summed E-state index contributed by atoms with van der Waals surface area (Å²) in [6.07, 6.45) is 0. The number of halogens is 1. The molecular weight excluding hydrogens is 302 g/mol. The van der Waals surface area contributed by atoms with E-state index in [0.29, 0.717) is 6.61 Å². The second-order valence-corrected chi connectivity index (χ2v) is 5.26. The summed E-state index contributed by atoms with van der Waals surface area (Å²) in [4.78, 5) is 0. The summed E-state index contributed by atoms with van der Waals surface area (Å²) >= 11 is 3.46. The first-order valence-corrected chi connectivity index (χ1v) is 7.24. The molecule has 0 aliphatic rings. The molecule has 2 aromatic carbocycles. The first-order valence-electron chi connectivity index (χ1n) is 6.45. The molecular formula is C16H18BrNO. The van der Waals surface area contributed by atoms with Gasteiger partial charge < -0.3 is 10.1 Å². The highest BCUT2D eigenvalue weighted by Crippen LogP contribution is 2.16. The normalized spacial score (nSPS) is 10.4. The second-order valence-electron chi connectivity index (χ2n) is 4.34. The van der Waals surface area contributed by atoms with E-state index in [4.69, 9.17) is 4.74 Å². The summed E-state index contributed by atoms with van der Waals surface area (Å²) in [5.41, 5.74) is 2.43. The Kier molecular flexibility index (Phi) is 5.43.